The molecule has 0 radical (unpaired) electrons. The molecule has 1 rings (SSSR count). The number of nitrogens with zero attached hydrogens (tertiary/aromatic N) is 1. The molecule has 2 nitrogen and oxygen atoms in total. The van der Waals surface area contributed by atoms with Crippen molar-refractivity contribution in [1.82, 2.24) is 10.4 Å². The summed E-state index contributed by atoms with van der Waals surface area (Å²) in [6.07, 6.45) is 3.78. The van der Waals surface area contributed by atoms with Crippen LogP contribution in [0.5, 0.6) is 0 Å². The van der Waals surface area contributed by atoms with Gasteiger partial charge in [0.25, 0.3) is 0 Å². The Morgan fingerprint density at radius 3 is 2.92 bits per heavy atom. The Morgan fingerprint density at radius 1 is 1.69 bits per heavy atom. The molecule has 0 aromatic carbocycles. The van der Waals surface area contributed by atoms with Crippen LogP contribution >= 0.6 is 11.3 Å². The van der Waals surface area contributed by atoms with Gasteiger partial charge in [-0.3, -0.25) is 0 Å². The van der Waals surface area contributed by atoms with Crippen LogP contribution in [0.1, 0.15) is 11.8 Å². The van der Waals surface area contributed by atoms with Gasteiger partial charge in [-0.15, -0.1) is 11.3 Å². The van der Waals surface area contributed by atoms with Crippen molar-refractivity contribution in [2.24, 2.45) is 0 Å². The molecular formula is C9H13FN2S. The molecule has 0 fully saturated rings. The summed E-state index contributed by atoms with van der Waals surface area (Å²) in [5.74, 6) is -0.130. The van der Waals surface area contributed by atoms with E-state index in [0.29, 0.717) is 6.54 Å². The first kappa shape index (κ1) is 10.2. The Kier molecular flexibility index (Phi) is 3.92. The summed E-state index contributed by atoms with van der Waals surface area (Å²) in [6.45, 7) is 2.49. The Hall–Kier alpha value is -0.870. The standard InChI is InChI=1S/C9H13FN2S/c1-3-5-12(11-2)7-9-8(10)4-6-13-9/h3-6,11H,7H2,1-2H3/b5-3-. The minimum Gasteiger partial charge on any atom is -0.311 e. The summed E-state index contributed by atoms with van der Waals surface area (Å²) < 4.78 is 13.0. The van der Waals surface area contributed by atoms with Crippen LogP contribution in [0.4, 0.5) is 4.39 Å². The lowest BCUT2D eigenvalue weighted by Gasteiger charge is -2.17. The molecule has 0 unspecified atom stereocenters. The lowest BCUT2D eigenvalue weighted by atomic mass is 10.4. The van der Waals surface area contributed by atoms with Crippen LogP contribution < -0.4 is 5.43 Å². The van der Waals surface area contributed by atoms with Gasteiger partial charge in [0.2, 0.25) is 0 Å². The van der Waals surface area contributed by atoms with Crippen molar-refractivity contribution in [3.63, 3.8) is 0 Å². The topological polar surface area (TPSA) is 15.3 Å². The second-order valence-electron chi connectivity index (χ2n) is 2.53. The van der Waals surface area contributed by atoms with Crippen molar-refractivity contribution in [2.75, 3.05) is 7.05 Å². The molecule has 1 heterocycles. The zero-order valence-corrected chi connectivity index (χ0v) is 8.57. The van der Waals surface area contributed by atoms with Crippen LogP contribution in [-0.4, -0.2) is 12.1 Å². The van der Waals surface area contributed by atoms with Gasteiger partial charge in [0.05, 0.1) is 11.4 Å². The maximum atomic E-state index is 13.0. The highest BCUT2D eigenvalue weighted by Gasteiger charge is 2.05. The summed E-state index contributed by atoms with van der Waals surface area (Å²) in [5.41, 5.74) is 2.96. The smallest absolute Gasteiger partial charge is 0.138 e. The minimum atomic E-state index is -0.130. The Bertz CT molecular complexity index is 283. The first-order chi connectivity index (χ1) is 6.27. The Labute approximate surface area is 81.7 Å². The molecule has 1 aromatic rings. The van der Waals surface area contributed by atoms with Crippen LogP contribution in [0.25, 0.3) is 0 Å². The molecule has 0 amide bonds. The van der Waals surface area contributed by atoms with Crippen LogP contribution in [0, 0.1) is 5.82 Å². The third-order valence-corrected chi connectivity index (χ3v) is 2.50. The predicted octanol–water partition coefficient (Wildman–Crippen LogP) is 2.36. The summed E-state index contributed by atoms with van der Waals surface area (Å²) in [4.78, 5) is 0.743. The van der Waals surface area contributed by atoms with E-state index in [1.807, 2.05) is 31.3 Å². The fourth-order valence-corrected chi connectivity index (χ4v) is 1.72. The second-order valence-corrected chi connectivity index (χ2v) is 3.53. The summed E-state index contributed by atoms with van der Waals surface area (Å²) in [6, 6.07) is 1.49. The van der Waals surface area contributed by atoms with Crippen molar-refractivity contribution >= 4 is 11.3 Å². The largest absolute Gasteiger partial charge is 0.311 e. The van der Waals surface area contributed by atoms with Crippen LogP contribution in [-0.2, 0) is 6.54 Å². The van der Waals surface area contributed by atoms with E-state index in [9.17, 15) is 4.39 Å². The van der Waals surface area contributed by atoms with E-state index in [1.54, 1.807) is 5.38 Å². The monoisotopic (exact) mass is 200 g/mol. The van der Waals surface area contributed by atoms with Crippen molar-refractivity contribution in [1.29, 1.82) is 0 Å². The lowest BCUT2D eigenvalue weighted by molar-refractivity contribution is 0.289. The first-order valence-corrected chi connectivity index (χ1v) is 4.94. The average Bonchev–Trinajstić information content (AvgIpc) is 2.51. The molecule has 0 aliphatic heterocycles. The molecule has 0 bridgehead atoms. The lowest BCUT2D eigenvalue weighted by Crippen LogP contribution is -2.28. The third kappa shape index (κ3) is 2.82. The SMILES string of the molecule is C/C=C\N(Cc1sccc1F)NC. The van der Waals surface area contributed by atoms with E-state index in [-0.39, 0.29) is 5.82 Å². The van der Waals surface area contributed by atoms with E-state index in [2.05, 4.69) is 5.43 Å². The normalized spacial score (nSPS) is 11.0. The number of nitrogens with one attached hydrogen (secondary N) is 1. The van der Waals surface area contributed by atoms with Crippen molar-refractivity contribution in [2.45, 2.75) is 13.5 Å². The van der Waals surface area contributed by atoms with Crippen molar-refractivity contribution in [3.05, 3.63) is 34.4 Å². The zero-order valence-electron chi connectivity index (χ0n) is 7.75. The molecular weight excluding hydrogens is 187 g/mol. The number of rotatable bonds is 4. The van der Waals surface area contributed by atoms with Gasteiger partial charge in [-0.25, -0.2) is 9.82 Å². The van der Waals surface area contributed by atoms with Gasteiger partial charge in [0.15, 0.2) is 0 Å². The number of halogens is 1. The maximum Gasteiger partial charge on any atom is 0.138 e. The molecule has 1 aromatic heterocycles. The minimum absolute atomic E-state index is 0.130. The number of hydrogen-bond acceptors (Lipinski definition) is 3. The van der Waals surface area contributed by atoms with Crippen molar-refractivity contribution < 1.29 is 4.39 Å². The Balaban J connectivity index is 2.61. The quantitative estimate of drug-likeness (QED) is 0.751. The zero-order chi connectivity index (χ0) is 9.68. The number of allylic oxidation sites excluding steroid dienone is 1. The highest BCUT2D eigenvalue weighted by molar-refractivity contribution is 7.09. The van der Waals surface area contributed by atoms with Gasteiger partial charge in [-0.05, 0) is 18.4 Å². The molecule has 13 heavy (non-hydrogen) atoms. The highest BCUT2D eigenvalue weighted by Crippen LogP contribution is 2.16. The van der Waals surface area contributed by atoms with Crippen molar-refractivity contribution in [3.8, 4) is 0 Å². The summed E-state index contributed by atoms with van der Waals surface area (Å²) >= 11 is 1.43. The molecule has 0 aliphatic carbocycles. The van der Waals surface area contributed by atoms with E-state index in [1.165, 1.54) is 17.4 Å². The van der Waals surface area contributed by atoms with Crippen LogP contribution in [0.3, 0.4) is 0 Å². The Morgan fingerprint density at radius 2 is 2.46 bits per heavy atom. The molecule has 72 valence electrons. The van der Waals surface area contributed by atoms with Gasteiger partial charge in [-0.1, -0.05) is 6.08 Å². The predicted molar refractivity (Wildman–Crippen MR) is 53.7 cm³/mol. The highest BCUT2D eigenvalue weighted by atomic mass is 32.1. The fourth-order valence-electron chi connectivity index (χ4n) is 0.979. The van der Waals surface area contributed by atoms with Gasteiger partial charge < -0.3 is 5.01 Å². The fraction of sp³-hybridized carbons (Fsp3) is 0.333. The van der Waals surface area contributed by atoms with E-state index in [0.717, 1.165) is 4.88 Å². The van der Waals surface area contributed by atoms with Crippen LogP contribution in [0.15, 0.2) is 23.7 Å². The number of hydrazine groups is 1. The van der Waals surface area contributed by atoms with Gasteiger partial charge in [0.1, 0.15) is 5.82 Å². The van der Waals surface area contributed by atoms with Crippen LogP contribution in [0.2, 0.25) is 0 Å². The number of thiophene rings is 1. The summed E-state index contributed by atoms with van der Waals surface area (Å²) in [7, 11) is 1.81. The van der Waals surface area contributed by atoms with E-state index < -0.39 is 0 Å². The summed E-state index contributed by atoms with van der Waals surface area (Å²) in [5, 5.41) is 3.59. The molecule has 4 heteroatoms. The van der Waals surface area contributed by atoms with Gasteiger partial charge in [0, 0.05) is 13.2 Å². The number of hydrogen-bond donors (Lipinski definition) is 1. The van der Waals surface area contributed by atoms with Gasteiger partial charge in [-0.2, -0.15) is 0 Å². The first-order valence-electron chi connectivity index (χ1n) is 4.06. The third-order valence-electron chi connectivity index (χ3n) is 1.62. The molecule has 0 saturated carbocycles. The molecule has 0 atom stereocenters. The molecule has 0 spiro atoms. The van der Waals surface area contributed by atoms with E-state index in [4.69, 9.17) is 0 Å². The molecule has 0 saturated heterocycles. The maximum absolute atomic E-state index is 13.0. The van der Waals surface area contributed by atoms with Gasteiger partial charge >= 0.3 is 0 Å². The average molecular weight is 200 g/mol. The second kappa shape index (κ2) is 4.99. The molecule has 1 N–H and O–H groups in total. The van der Waals surface area contributed by atoms with E-state index >= 15 is 0 Å². The molecule has 0 aliphatic rings.